The van der Waals surface area contributed by atoms with E-state index in [1.54, 1.807) is 19.2 Å². The van der Waals surface area contributed by atoms with Crippen LogP contribution in [0.15, 0.2) is 42.5 Å². The largest absolute Gasteiger partial charge is 0.493 e. The van der Waals surface area contributed by atoms with E-state index >= 15 is 0 Å². The van der Waals surface area contributed by atoms with Crippen LogP contribution in [0.4, 0.5) is 5.69 Å². The van der Waals surface area contributed by atoms with Crippen molar-refractivity contribution in [2.45, 2.75) is 0 Å². The van der Waals surface area contributed by atoms with Crippen LogP contribution < -0.4 is 19.1 Å². The minimum absolute atomic E-state index is 0.00650. The van der Waals surface area contributed by atoms with Crippen LogP contribution in [-0.2, 0) is 0 Å². The second-order valence-electron chi connectivity index (χ2n) is 6.32. The molecule has 2 aliphatic heterocycles. The lowest BCUT2D eigenvalue weighted by atomic mass is 10.1. The maximum absolute atomic E-state index is 13.0. The summed E-state index contributed by atoms with van der Waals surface area (Å²) < 4.78 is 16.6. The summed E-state index contributed by atoms with van der Waals surface area (Å²) >= 11 is 0. The number of amides is 1. The standard InChI is InChI=1S/C20H22N2O4/c1-24-17-13-15(14-18-19(17)26-12-11-25-18)20(23)22-9-7-21(8-10-22)16-5-3-2-4-6-16/h2-6,13-14H,7-12H2,1H3. The van der Waals surface area contributed by atoms with Gasteiger partial charge in [0.15, 0.2) is 11.5 Å². The highest BCUT2D eigenvalue weighted by atomic mass is 16.6. The molecule has 0 aliphatic carbocycles. The van der Waals surface area contributed by atoms with E-state index in [0.29, 0.717) is 49.1 Å². The summed E-state index contributed by atoms with van der Waals surface area (Å²) in [6.45, 7) is 3.96. The third kappa shape index (κ3) is 3.14. The zero-order valence-electron chi connectivity index (χ0n) is 14.8. The number of benzene rings is 2. The molecule has 6 nitrogen and oxygen atoms in total. The van der Waals surface area contributed by atoms with Crippen molar-refractivity contribution in [2.75, 3.05) is 51.4 Å². The van der Waals surface area contributed by atoms with Crippen molar-refractivity contribution in [3.8, 4) is 17.2 Å². The number of carbonyl (C=O) groups excluding carboxylic acids is 1. The molecular weight excluding hydrogens is 332 g/mol. The predicted molar refractivity (Wildman–Crippen MR) is 98.5 cm³/mol. The van der Waals surface area contributed by atoms with Crippen LogP contribution in [0, 0.1) is 0 Å². The highest BCUT2D eigenvalue weighted by molar-refractivity contribution is 5.96. The first-order valence-electron chi connectivity index (χ1n) is 8.83. The van der Waals surface area contributed by atoms with Gasteiger partial charge in [-0.1, -0.05) is 18.2 Å². The van der Waals surface area contributed by atoms with Gasteiger partial charge in [0.25, 0.3) is 5.91 Å². The van der Waals surface area contributed by atoms with Gasteiger partial charge in [-0.3, -0.25) is 4.79 Å². The van der Waals surface area contributed by atoms with E-state index in [1.165, 1.54) is 5.69 Å². The van der Waals surface area contributed by atoms with Crippen LogP contribution in [0.5, 0.6) is 17.2 Å². The summed E-state index contributed by atoms with van der Waals surface area (Å²) in [5, 5.41) is 0. The van der Waals surface area contributed by atoms with E-state index in [9.17, 15) is 4.79 Å². The van der Waals surface area contributed by atoms with Crippen molar-refractivity contribution in [3.63, 3.8) is 0 Å². The maximum atomic E-state index is 13.0. The van der Waals surface area contributed by atoms with Crippen molar-refractivity contribution in [1.29, 1.82) is 0 Å². The van der Waals surface area contributed by atoms with Gasteiger partial charge >= 0.3 is 0 Å². The number of fused-ring (bicyclic) bond motifs is 1. The first kappa shape index (κ1) is 16.6. The number of anilines is 1. The average molecular weight is 354 g/mol. The summed E-state index contributed by atoms with van der Waals surface area (Å²) in [6, 6.07) is 13.8. The Bertz CT molecular complexity index is 769. The Kier molecular flexibility index (Phi) is 4.56. The molecule has 0 atom stereocenters. The van der Waals surface area contributed by atoms with Crippen molar-refractivity contribution >= 4 is 11.6 Å². The number of piperazine rings is 1. The monoisotopic (exact) mass is 354 g/mol. The molecule has 0 unspecified atom stereocenters. The van der Waals surface area contributed by atoms with Gasteiger partial charge in [0.2, 0.25) is 5.75 Å². The molecule has 26 heavy (non-hydrogen) atoms. The molecule has 0 N–H and O–H groups in total. The molecule has 136 valence electrons. The molecule has 4 rings (SSSR count). The fourth-order valence-electron chi connectivity index (χ4n) is 3.39. The van der Waals surface area contributed by atoms with Crippen LogP contribution in [0.25, 0.3) is 0 Å². The molecule has 2 aromatic rings. The predicted octanol–water partition coefficient (Wildman–Crippen LogP) is 2.43. The Morgan fingerprint density at radius 2 is 1.73 bits per heavy atom. The second kappa shape index (κ2) is 7.15. The van der Waals surface area contributed by atoms with Crippen LogP contribution >= 0.6 is 0 Å². The van der Waals surface area contributed by atoms with E-state index in [0.717, 1.165) is 13.1 Å². The lowest BCUT2D eigenvalue weighted by Gasteiger charge is -2.36. The van der Waals surface area contributed by atoms with E-state index < -0.39 is 0 Å². The summed E-state index contributed by atoms with van der Waals surface area (Å²) in [6.07, 6.45) is 0. The van der Waals surface area contributed by atoms with Crippen LogP contribution in [0.1, 0.15) is 10.4 Å². The number of hydrogen-bond donors (Lipinski definition) is 0. The minimum Gasteiger partial charge on any atom is -0.493 e. The fraction of sp³-hybridized carbons (Fsp3) is 0.350. The topological polar surface area (TPSA) is 51.2 Å². The molecule has 6 heteroatoms. The molecule has 1 amide bonds. The summed E-state index contributed by atoms with van der Waals surface area (Å²) in [4.78, 5) is 17.1. The third-order valence-electron chi connectivity index (χ3n) is 4.76. The summed E-state index contributed by atoms with van der Waals surface area (Å²) in [5.41, 5.74) is 1.76. The smallest absolute Gasteiger partial charge is 0.254 e. The van der Waals surface area contributed by atoms with E-state index in [-0.39, 0.29) is 5.91 Å². The highest BCUT2D eigenvalue weighted by Gasteiger charge is 2.26. The fourth-order valence-corrected chi connectivity index (χ4v) is 3.39. The zero-order chi connectivity index (χ0) is 17.9. The molecule has 0 aromatic heterocycles. The minimum atomic E-state index is -0.00650. The van der Waals surface area contributed by atoms with Gasteiger partial charge in [0.05, 0.1) is 7.11 Å². The first-order chi connectivity index (χ1) is 12.8. The number of ether oxygens (including phenoxy) is 3. The van der Waals surface area contributed by atoms with Crippen LogP contribution in [0.3, 0.4) is 0 Å². The molecule has 0 saturated carbocycles. The SMILES string of the molecule is COc1cc(C(=O)N2CCN(c3ccccc3)CC2)cc2c1OCCO2. The number of carbonyl (C=O) groups is 1. The van der Waals surface area contributed by atoms with Crippen LogP contribution in [0.2, 0.25) is 0 Å². The molecule has 0 radical (unpaired) electrons. The van der Waals surface area contributed by atoms with E-state index in [1.807, 2.05) is 23.1 Å². The highest BCUT2D eigenvalue weighted by Crippen LogP contribution is 2.40. The van der Waals surface area contributed by atoms with Crippen molar-refractivity contribution < 1.29 is 19.0 Å². The quantitative estimate of drug-likeness (QED) is 0.847. The van der Waals surface area contributed by atoms with Crippen molar-refractivity contribution in [2.24, 2.45) is 0 Å². The molecule has 2 heterocycles. The average Bonchev–Trinajstić information content (AvgIpc) is 2.73. The third-order valence-corrected chi connectivity index (χ3v) is 4.76. The summed E-state index contributed by atoms with van der Waals surface area (Å²) in [5.74, 6) is 1.67. The number of nitrogens with zero attached hydrogens (tertiary/aromatic N) is 2. The molecule has 0 bridgehead atoms. The lowest BCUT2D eigenvalue weighted by molar-refractivity contribution is 0.0745. The van der Waals surface area contributed by atoms with Gasteiger partial charge in [-0.2, -0.15) is 0 Å². The molecule has 1 saturated heterocycles. The zero-order valence-corrected chi connectivity index (χ0v) is 14.8. The maximum Gasteiger partial charge on any atom is 0.254 e. The number of para-hydroxylation sites is 1. The molecular formula is C20H22N2O4. The Labute approximate surface area is 152 Å². The van der Waals surface area contributed by atoms with Gasteiger partial charge in [-0.15, -0.1) is 0 Å². The van der Waals surface area contributed by atoms with Gasteiger partial charge in [0.1, 0.15) is 13.2 Å². The molecule has 0 spiro atoms. The van der Waals surface area contributed by atoms with Gasteiger partial charge in [0, 0.05) is 37.4 Å². The van der Waals surface area contributed by atoms with E-state index in [2.05, 4.69) is 17.0 Å². The van der Waals surface area contributed by atoms with Crippen molar-refractivity contribution in [3.05, 3.63) is 48.0 Å². The normalized spacial score (nSPS) is 16.3. The molecule has 2 aromatic carbocycles. The Morgan fingerprint density at radius 3 is 2.46 bits per heavy atom. The number of rotatable bonds is 3. The lowest BCUT2D eigenvalue weighted by Crippen LogP contribution is -2.48. The van der Waals surface area contributed by atoms with Crippen LogP contribution in [-0.4, -0.2) is 57.3 Å². The number of hydrogen-bond acceptors (Lipinski definition) is 5. The number of methoxy groups -OCH3 is 1. The second-order valence-corrected chi connectivity index (χ2v) is 6.32. The van der Waals surface area contributed by atoms with Gasteiger partial charge in [-0.25, -0.2) is 0 Å². The Balaban J connectivity index is 1.49. The first-order valence-corrected chi connectivity index (χ1v) is 8.83. The van der Waals surface area contributed by atoms with E-state index in [4.69, 9.17) is 14.2 Å². The van der Waals surface area contributed by atoms with Crippen molar-refractivity contribution in [1.82, 2.24) is 4.90 Å². The molecule has 2 aliphatic rings. The van der Waals surface area contributed by atoms with Gasteiger partial charge in [-0.05, 0) is 24.3 Å². The Hall–Kier alpha value is -2.89. The summed E-state index contributed by atoms with van der Waals surface area (Å²) in [7, 11) is 1.57. The Morgan fingerprint density at radius 1 is 1.00 bits per heavy atom. The van der Waals surface area contributed by atoms with Gasteiger partial charge < -0.3 is 24.0 Å². The molecule has 1 fully saturated rings.